The van der Waals surface area contributed by atoms with E-state index in [1.807, 2.05) is 17.6 Å². The maximum absolute atomic E-state index is 4.77. The molecule has 1 aromatic carbocycles. The van der Waals surface area contributed by atoms with Crippen molar-refractivity contribution in [3.63, 3.8) is 0 Å². The summed E-state index contributed by atoms with van der Waals surface area (Å²) < 4.78 is 1.10. The Morgan fingerprint density at radius 1 is 1.29 bits per heavy atom. The number of fused-ring (bicyclic) bond motifs is 1. The van der Waals surface area contributed by atoms with Crippen molar-refractivity contribution in [2.24, 2.45) is 0 Å². The Hall–Kier alpha value is -1.59. The fourth-order valence-electron chi connectivity index (χ4n) is 2.09. The molecule has 0 amide bonds. The number of thioether (sulfide) groups is 1. The fraction of sp³-hybridized carbons (Fsp3) is 0.250. The molecule has 0 aliphatic heterocycles. The summed E-state index contributed by atoms with van der Waals surface area (Å²) >= 11 is 3.44. The van der Waals surface area contributed by atoms with Crippen LogP contribution in [0, 0.1) is 0 Å². The first-order valence-electron chi connectivity index (χ1n) is 7.01. The fourth-order valence-corrected chi connectivity index (χ4v) is 3.70. The Balaban J connectivity index is 1.89. The summed E-state index contributed by atoms with van der Waals surface area (Å²) in [4.78, 5) is 9.10. The SMILES string of the molecule is CCCNc1nc2ccccc2cc1CSc1nccs1. The number of aromatic nitrogens is 2. The van der Waals surface area contributed by atoms with Gasteiger partial charge in [0.1, 0.15) is 10.2 Å². The zero-order chi connectivity index (χ0) is 14.5. The van der Waals surface area contributed by atoms with Crippen LogP contribution in [-0.2, 0) is 5.75 Å². The lowest BCUT2D eigenvalue weighted by molar-refractivity contribution is 0.968. The van der Waals surface area contributed by atoms with E-state index in [0.29, 0.717) is 0 Å². The molecule has 0 radical (unpaired) electrons. The average molecular weight is 315 g/mol. The van der Waals surface area contributed by atoms with Crippen LogP contribution in [0.15, 0.2) is 46.2 Å². The molecule has 5 heteroatoms. The van der Waals surface area contributed by atoms with E-state index in [1.54, 1.807) is 23.1 Å². The zero-order valence-corrected chi connectivity index (χ0v) is 13.5. The molecule has 0 fully saturated rings. The second-order valence-corrected chi connectivity index (χ2v) is 6.82. The minimum atomic E-state index is 0.886. The first-order valence-corrected chi connectivity index (χ1v) is 8.88. The van der Waals surface area contributed by atoms with Gasteiger partial charge in [0.25, 0.3) is 0 Å². The molecule has 3 nitrogen and oxygen atoms in total. The van der Waals surface area contributed by atoms with Crippen LogP contribution in [0.1, 0.15) is 18.9 Å². The predicted molar refractivity (Wildman–Crippen MR) is 92.2 cm³/mol. The van der Waals surface area contributed by atoms with E-state index in [4.69, 9.17) is 4.98 Å². The standard InChI is InChI=1S/C16H17N3S2/c1-2-7-17-15-13(11-21-16-18-8-9-20-16)10-12-5-3-4-6-14(12)19-15/h3-6,8-10H,2,7,11H2,1H3,(H,17,19). The minimum Gasteiger partial charge on any atom is -0.370 e. The Morgan fingerprint density at radius 3 is 3.00 bits per heavy atom. The maximum Gasteiger partial charge on any atom is 0.150 e. The number of hydrogen-bond acceptors (Lipinski definition) is 5. The van der Waals surface area contributed by atoms with E-state index < -0.39 is 0 Å². The van der Waals surface area contributed by atoms with Crippen LogP contribution in [0.3, 0.4) is 0 Å². The van der Waals surface area contributed by atoms with Crippen molar-refractivity contribution in [3.05, 3.63) is 47.5 Å². The molecule has 0 spiro atoms. The smallest absolute Gasteiger partial charge is 0.150 e. The predicted octanol–water partition coefficient (Wildman–Crippen LogP) is 4.81. The van der Waals surface area contributed by atoms with E-state index >= 15 is 0 Å². The number of rotatable bonds is 6. The van der Waals surface area contributed by atoms with E-state index in [0.717, 1.165) is 34.4 Å². The van der Waals surface area contributed by atoms with Gasteiger partial charge >= 0.3 is 0 Å². The van der Waals surface area contributed by atoms with Gasteiger partial charge in [0, 0.05) is 34.8 Å². The average Bonchev–Trinajstić information content (AvgIpc) is 3.04. The summed E-state index contributed by atoms with van der Waals surface area (Å²) in [6, 6.07) is 10.5. The normalized spacial score (nSPS) is 10.9. The molecular weight excluding hydrogens is 298 g/mol. The van der Waals surface area contributed by atoms with Gasteiger partial charge in [-0.1, -0.05) is 36.9 Å². The van der Waals surface area contributed by atoms with Crippen LogP contribution in [0.2, 0.25) is 0 Å². The van der Waals surface area contributed by atoms with Gasteiger partial charge in [-0.05, 0) is 18.6 Å². The Bertz CT molecular complexity index is 711. The molecule has 2 heterocycles. The van der Waals surface area contributed by atoms with Crippen molar-refractivity contribution in [3.8, 4) is 0 Å². The van der Waals surface area contributed by atoms with Gasteiger partial charge in [0.2, 0.25) is 0 Å². The lowest BCUT2D eigenvalue weighted by Gasteiger charge is -2.11. The second kappa shape index (κ2) is 6.91. The highest BCUT2D eigenvalue weighted by atomic mass is 32.2. The van der Waals surface area contributed by atoms with Gasteiger partial charge < -0.3 is 5.32 Å². The number of pyridine rings is 1. The van der Waals surface area contributed by atoms with Crippen LogP contribution < -0.4 is 5.32 Å². The molecule has 0 saturated carbocycles. The van der Waals surface area contributed by atoms with E-state index in [2.05, 4.69) is 41.5 Å². The molecule has 0 aliphatic rings. The number of nitrogens with one attached hydrogen (secondary N) is 1. The van der Waals surface area contributed by atoms with Crippen molar-refractivity contribution in [2.45, 2.75) is 23.4 Å². The molecule has 0 unspecified atom stereocenters. The summed E-state index contributed by atoms with van der Waals surface area (Å²) in [6.07, 6.45) is 2.94. The van der Waals surface area contributed by atoms with Crippen LogP contribution in [-0.4, -0.2) is 16.5 Å². The number of benzene rings is 1. The summed E-state index contributed by atoms with van der Waals surface area (Å²) in [5.74, 6) is 1.89. The molecule has 1 N–H and O–H groups in total. The second-order valence-electron chi connectivity index (χ2n) is 4.70. The lowest BCUT2D eigenvalue weighted by Crippen LogP contribution is -2.05. The van der Waals surface area contributed by atoms with E-state index in [1.165, 1.54) is 10.9 Å². The highest BCUT2D eigenvalue weighted by molar-refractivity contribution is 8.00. The van der Waals surface area contributed by atoms with Crippen molar-refractivity contribution in [2.75, 3.05) is 11.9 Å². The molecule has 0 aliphatic carbocycles. The topological polar surface area (TPSA) is 37.8 Å². The summed E-state index contributed by atoms with van der Waals surface area (Å²) in [5.41, 5.74) is 2.28. The molecule has 21 heavy (non-hydrogen) atoms. The number of nitrogens with zero attached hydrogens (tertiary/aromatic N) is 2. The number of hydrogen-bond donors (Lipinski definition) is 1. The van der Waals surface area contributed by atoms with Crippen LogP contribution >= 0.6 is 23.1 Å². The number of thiazole rings is 1. The van der Waals surface area contributed by atoms with Crippen molar-refractivity contribution < 1.29 is 0 Å². The van der Waals surface area contributed by atoms with Gasteiger partial charge in [0.05, 0.1) is 5.52 Å². The Kier molecular flexibility index (Phi) is 4.72. The monoisotopic (exact) mass is 315 g/mol. The van der Waals surface area contributed by atoms with Gasteiger partial charge in [-0.25, -0.2) is 9.97 Å². The molecule has 0 bridgehead atoms. The van der Waals surface area contributed by atoms with E-state index in [9.17, 15) is 0 Å². The highest BCUT2D eigenvalue weighted by Gasteiger charge is 2.08. The molecular formula is C16H17N3S2. The maximum atomic E-state index is 4.77. The molecule has 0 saturated heterocycles. The zero-order valence-electron chi connectivity index (χ0n) is 11.9. The number of para-hydroxylation sites is 1. The Morgan fingerprint density at radius 2 is 2.19 bits per heavy atom. The molecule has 0 atom stereocenters. The third-order valence-corrected chi connectivity index (χ3v) is 5.12. The van der Waals surface area contributed by atoms with E-state index in [-0.39, 0.29) is 0 Å². The minimum absolute atomic E-state index is 0.886. The molecule has 3 rings (SSSR count). The summed E-state index contributed by atoms with van der Waals surface area (Å²) in [7, 11) is 0. The van der Waals surface area contributed by atoms with Gasteiger partial charge in [0.15, 0.2) is 0 Å². The Labute approximate surface area is 132 Å². The quantitative estimate of drug-likeness (QED) is 0.663. The molecule has 2 aromatic heterocycles. The lowest BCUT2D eigenvalue weighted by atomic mass is 10.1. The summed E-state index contributed by atoms with van der Waals surface area (Å²) in [6.45, 7) is 3.11. The van der Waals surface area contributed by atoms with Gasteiger partial charge in [-0.3, -0.25) is 0 Å². The molecule has 108 valence electrons. The first-order chi connectivity index (χ1) is 10.4. The molecule has 3 aromatic rings. The largest absolute Gasteiger partial charge is 0.370 e. The third kappa shape index (κ3) is 3.54. The number of anilines is 1. The first kappa shape index (κ1) is 14.4. The van der Waals surface area contributed by atoms with Gasteiger partial charge in [-0.2, -0.15) is 0 Å². The third-order valence-electron chi connectivity index (χ3n) is 3.11. The van der Waals surface area contributed by atoms with Crippen LogP contribution in [0.5, 0.6) is 0 Å². The van der Waals surface area contributed by atoms with Crippen molar-refractivity contribution in [1.29, 1.82) is 0 Å². The van der Waals surface area contributed by atoms with Crippen LogP contribution in [0.25, 0.3) is 10.9 Å². The van der Waals surface area contributed by atoms with Gasteiger partial charge in [-0.15, -0.1) is 11.3 Å². The van der Waals surface area contributed by atoms with Crippen molar-refractivity contribution in [1.82, 2.24) is 9.97 Å². The highest BCUT2D eigenvalue weighted by Crippen LogP contribution is 2.29. The van der Waals surface area contributed by atoms with Crippen molar-refractivity contribution >= 4 is 39.8 Å². The summed E-state index contributed by atoms with van der Waals surface area (Å²) in [5, 5.41) is 6.64. The van der Waals surface area contributed by atoms with Crippen LogP contribution in [0.4, 0.5) is 5.82 Å².